The topological polar surface area (TPSA) is 59.8 Å². The monoisotopic (exact) mass is 370 g/mol. The Kier molecular flexibility index (Phi) is 5.58. The Morgan fingerprint density at radius 2 is 1.89 bits per heavy atom. The maximum Gasteiger partial charge on any atom is 0.226 e. The number of rotatable bonds is 4. The third-order valence-corrected chi connectivity index (χ3v) is 4.88. The van der Waals surface area contributed by atoms with Crippen molar-refractivity contribution in [2.75, 3.05) is 24.6 Å². The number of anilines is 1. The number of aromatic nitrogens is 2. The first-order valence-electron chi connectivity index (χ1n) is 9.44. The summed E-state index contributed by atoms with van der Waals surface area (Å²) >= 11 is 0. The summed E-state index contributed by atoms with van der Waals surface area (Å²) in [6.45, 7) is 2.32. The van der Waals surface area contributed by atoms with E-state index in [-0.39, 0.29) is 12.1 Å². The highest BCUT2D eigenvalue weighted by atomic mass is 19.1. The van der Waals surface area contributed by atoms with Crippen molar-refractivity contribution in [3.05, 3.63) is 42.5 Å². The van der Waals surface area contributed by atoms with Crippen molar-refractivity contribution in [2.24, 2.45) is 5.16 Å². The molecule has 6 nitrogen and oxygen atoms in total. The minimum absolute atomic E-state index is 0.196. The van der Waals surface area contributed by atoms with Gasteiger partial charge in [-0.15, -0.1) is 0 Å². The van der Waals surface area contributed by atoms with E-state index in [4.69, 9.17) is 9.57 Å². The number of hydrogen-bond acceptors (Lipinski definition) is 6. The predicted molar refractivity (Wildman–Crippen MR) is 101 cm³/mol. The third kappa shape index (κ3) is 4.42. The van der Waals surface area contributed by atoms with Crippen LogP contribution in [0.4, 0.5) is 10.3 Å². The number of benzene rings is 1. The van der Waals surface area contributed by atoms with Crippen LogP contribution in [0, 0.1) is 5.82 Å². The molecule has 0 N–H and O–H groups in total. The van der Waals surface area contributed by atoms with E-state index in [1.54, 1.807) is 30.6 Å². The van der Waals surface area contributed by atoms with E-state index < -0.39 is 0 Å². The fraction of sp³-hybridized carbons (Fsp3) is 0.450. The zero-order valence-electron chi connectivity index (χ0n) is 15.2. The van der Waals surface area contributed by atoms with Gasteiger partial charge in [0.15, 0.2) is 0 Å². The van der Waals surface area contributed by atoms with Gasteiger partial charge in [0.1, 0.15) is 5.82 Å². The van der Waals surface area contributed by atoms with Crippen LogP contribution in [0.5, 0.6) is 0 Å². The molecule has 2 aliphatic rings. The number of nitrogens with zero attached hydrogens (tertiary/aromatic N) is 4. The van der Waals surface area contributed by atoms with Crippen LogP contribution in [0.25, 0.3) is 11.1 Å². The molecule has 3 heterocycles. The number of ether oxygens (including phenoxy) is 1. The van der Waals surface area contributed by atoms with Crippen molar-refractivity contribution < 1.29 is 14.0 Å². The van der Waals surface area contributed by atoms with E-state index >= 15 is 0 Å². The standard InChI is InChI=1S/C20H23FN4O2/c21-18-6-2-1-5-17(18)15-13-22-20(23-14-15)25-10-8-16(9-11-25)24-27-19-7-3-4-12-26-19/h1-2,5-6,13-14,19H,3-4,7-12H2. The van der Waals surface area contributed by atoms with Crippen LogP contribution >= 0.6 is 0 Å². The molecule has 27 heavy (non-hydrogen) atoms. The Morgan fingerprint density at radius 3 is 2.59 bits per heavy atom. The maximum absolute atomic E-state index is 13.9. The SMILES string of the molecule is Fc1ccccc1-c1cnc(N2CCC(=NOC3CCCCO3)CC2)nc1. The Bertz CT molecular complexity index is 781. The lowest BCUT2D eigenvalue weighted by atomic mass is 10.1. The normalized spacial score (nSPS) is 20.4. The van der Waals surface area contributed by atoms with Gasteiger partial charge in [-0.2, -0.15) is 0 Å². The molecule has 0 amide bonds. The predicted octanol–water partition coefficient (Wildman–Crippen LogP) is 3.78. The highest BCUT2D eigenvalue weighted by Crippen LogP contribution is 2.23. The zero-order chi connectivity index (χ0) is 18.5. The van der Waals surface area contributed by atoms with Gasteiger partial charge in [0.25, 0.3) is 0 Å². The van der Waals surface area contributed by atoms with Gasteiger partial charge < -0.3 is 14.5 Å². The Morgan fingerprint density at radius 1 is 1.11 bits per heavy atom. The second-order valence-electron chi connectivity index (χ2n) is 6.80. The Balaban J connectivity index is 1.33. The second kappa shape index (κ2) is 8.43. The summed E-state index contributed by atoms with van der Waals surface area (Å²) in [7, 11) is 0. The molecule has 4 rings (SSSR count). The zero-order valence-corrected chi connectivity index (χ0v) is 15.2. The van der Waals surface area contributed by atoms with Crippen LogP contribution in [0.1, 0.15) is 32.1 Å². The summed E-state index contributed by atoms with van der Waals surface area (Å²) in [4.78, 5) is 16.5. The van der Waals surface area contributed by atoms with Crippen LogP contribution in [-0.2, 0) is 9.57 Å². The molecule has 1 aromatic carbocycles. The lowest BCUT2D eigenvalue weighted by Gasteiger charge is -2.28. The Hall–Kier alpha value is -2.54. The molecule has 142 valence electrons. The smallest absolute Gasteiger partial charge is 0.226 e. The van der Waals surface area contributed by atoms with Crippen molar-refractivity contribution in [1.29, 1.82) is 0 Å². The minimum atomic E-state index is -0.269. The van der Waals surface area contributed by atoms with Gasteiger partial charge in [-0.05, 0) is 18.9 Å². The number of halogens is 1. The van der Waals surface area contributed by atoms with Crippen LogP contribution < -0.4 is 4.90 Å². The molecule has 0 bridgehead atoms. The third-order valence-electron chi connectivity index (χ3n) is 4.88. The summed E-state index contributed by atoms with van der Waals surface area (Å²) in [5.74, 6) is 0.389. The fourth-order valence-corrected chi connectivity index (χ4v) is 3.30. The summed E-state index contributed by atoms with van der Waals surface area (Å²) in [5, 5.41) is 4.28. The van der Waals surface area contributed by atoms with Crippen molar-refractivity contribution in [1.82, 2.24) is 9.97 Å². The molecular weight excluding hydrogens is 347 g/mol. The summed E-state index contributed by atoms with van der Waals surface area (Å²) in [5.41, 5.74) is 2.24. The quantitative estimate of drug-likeness (QED) is 0.767. The average molecular weight is 370 g/mol. The molecule has 0 aliphatic carbocycles. The lowest BCUT2D eigenvalue weighted by molar-refractivity contribution is -0.162. The first-order chi connectivity index (χ1) is 13.3. The first kappa shape index (κ1) is 17.9. The molecular formula is C20H23FN4O2. The highest BCUT2D eigenvalue weighted by Gasteiger charge is 2.20. The largest absolute Gasteiger partial charge is 0.364 e. The molecule has 2 fully saturated rings. The van der Waals surface area contributed by atoms with E-state index in [1.165, 1.54) is 6.07 Å². The Labute approximate surface area is 158 Å². The van der Waals surface area contributed by atoms with Gasteiger partial charge >= 0.3 is 0 Å². The van der Waals surface area contributed by atoms with Gasteiger partial charge in [-0.1, -0.05) is 23.4 Å². The van der Waals surface area contributed by atoms with Gasteiger partial charge in [-0.3, -0.25) is 0 Å². The van der Waals surface area contributed by atoms with Crippen molar-refractivity contribution in [3.63, 3.8) is 0 Å². The van der Waals surface area contributed by atoms with Crippen LogP contribution in [0.3, 0.4) is 0 Å². The van der Waals surface area contributed by atoms with E-state index in [1.807, 2.05) is 0 Å². The number of piperidine rings is 1. The highest BCUT2D eigenvalue weighted by molar-refractivity contribution is 5.86. The van der Waals surface area contributed by atoms with E-state index in [9.17, 15) is 4.39 Å². The van der Waals surface area contributed by atoms with Gasteiger partial charge in [-0.25, -0.2) is 14.4 Å². The van der Waals surface area contributed by atoms with Gasteiger partial charge in [0, 0.05) is 55.9 Å². The summed E-state index contributed by atoms with van der Waals surface area (Å²) < 4.78 is 19.4. The van der Waals surface area contributed by atoms with Crippen LogP contribution in [0.2, 0.25) is 0 Å². The van der Waals surface area contributed by atoms with Crippen LogP contribution in [0.15, 0.2) is 41.8 Å². The molecule has 7 heteroatoms. The maximum atomic E-state index is 13.9. The lowest BCUT2D eigenvalue weighted by Crippen LogP contribution is -2.35. The summed E-state index contributed by atoms with van der Waals surface area (Å²) in [6.07, 6.45) is 7.91. The minimum Gasteiger partial charge on any atom is -0.364 e. The molecule has 0 radical (unpaired) electrons. The molecule has 2 saturated heterocycles. The van der Waals surface area contributed by atoms with Crippen molar-refractivity contribution in [2.45, 2.75) is 38.4 Å². The van der Waals surface area contributed by atoms with E-state index in [0.29, 0.717) is 17.1 Å². The molecule has 1 aromatic heterocycles. The van der Waals surface area contributed by atoms with Crippen molar-refractivity contribution >= 4 is 11.7 Å². The van der Waals surface area contributed by atoms with Gasteiger partial charge in [0.05, 0.1) is 12.3 Å². The summed E-state index contributed by atoms with van der Waals surface area (Å²) in [6, 6.07) is 6.64. The number of oxime groups is 1. The van der Waals surface area contributed by atoms with Crippen molar-refractivity contribution in [3.8, 4) is 11.1 Å². The molecule has 1 unspecified atom stereocenters. The van der Waals surface area contributed by atoms with E-state index in [2.05, 4.69) is 20.0 Å². The van der Waals surface area contributed by atoms with Crippen LogP contribution in [-0.4, -0.2) is 41.7 Å². The molecule has 0 saturated carbocycles. The molecule has 2 aromatic rings. The second-order valence-corrected chi connectivity index (χ2v) is 6.80. The fourth-order valence-electron chi connectivity index (χ4n) is 3.30. The first-order valence-corrected chi connectivity index (χ1v) is 9.44. The molecule has 2 aliphatic heterocycles. The number of hydrogen-bond donors (Lipinski definition) is 0. The van der Waals surface area contributed by atoms with Gasteiger partial charge in [0.2, 0.25) is 12.2 Å². The average Bonchev–Trinajstić information content (AvgIpc) is 2.74. The van der Waals surface area contributed by atoms with E-state index in [0.717, 1.165) is 57.5 Å². The molecule has 1 atom stereocenters. The molecule has 0 spiro atoms.